The maximum absolute atomic E-state index is 11.5. The van der Waals surface area contributed by atoms with Crippen molar-refractivity contribution in [3.63, 3.8) is 0 Å². The lowest BCUT2D eigenvalue weighted by Gasteiger charge is -2.16. The summed E-state index contributed by atoms with van der Waals surface area (Å²) < 4.78 is 24.7. The molecule has 9 nitrogen and oxygen atoms in total. The monoisotopic (exact) mass is 453 g/mol. The number of nitrogens with zero attached hydrogens (tertiary/aromatic N) is 1. The van der Waals surface area contributed by atoms with Gasteiger partial charge in [-0.3, -0.25) is 9.13 Å². The smallest absolute Gasteiger partial charge is 0.344 e. The zero-order valence-electron chi connectivity index (χ0n) is 15.8. The normalized spacial score (nSPS) is 13.0. The van der Waals surface area contributed by atoms with E-state index in [-0.39, 0.29) is 18.0 Å². The zero-order valence-corrected chi connectivity index (χ0v) is 17.6. The van der Waals surface area contributed by atoms with E-state index in [9.17, 15) is 38.9 Å². The summed E-state index contributed by atoms with van der Waals surface area (Å²) in [7, 11) is -10.1. The molecule has 6 N–H and O–H groups in total. The second-order valence-electron chi connectivity index (χ2n) is 6.85. The van der Waals surface area contributed by atoms with Gasteiger partial charge in [0.05, 0.1) is 11.2 Å². The van der Waals surface area contributed by atoms with Crippen LogP contribution in [-0.4, -0.2) is 39.8 Å². The van der Waals surface area contributed by atoms with Crippen molar-refractivity contribution in [3.8, 4) is 22.8 Å². The van der Waals surface area contributed by atoms with E-state index in [4.69, 9.17) is 0 Å². The molecule has 0 atom stereocenters. The van der Waals surface area contributed by atoms with E-state index in [1.165, 1.54) is 30.3 Å². The van der Waals surface area contributed by atoms with Crippen molar-refractivity contribution in [2.75, 3.05) is 0 Å². The molecule has 0 saturated heterocycles. The second-order valence-corrected chi connectivity index (χ2v) is 10.7. The Bertz CT molecular complexity index is 1180. The molecule has 0 aliphatic rings. The maximum atomic E-state index is 11.5. The lowest BCUT2D eigenvalue weighted by molar-refractivity contribution is 0.346. The largest absolute Gasteiger partial charge is 0.508 e. The third-order valence-electron chi connectivity index (χ3n) is 4.73. The molecular formula is C19H21NO8P2. The third-order valence-corrected chi connectivity index (χ3v) is 8.26. The van der Waals surface area contributed by atoms with Crippen LogP contribution in [0.1, 0.15) is 5.56 Å². The Kier molecular flexibility index (Phi) is 5.98. The van der Waals surface area contributed by atoms with Crippen molar-refractivity contribution in [2.45, 2.75) is 18.9 Å². The second kappa shape index (κ2) is 8.04. The molecule has 0 bridgehead atoms. The molecule has 1 heterocycles. The predicted octanol–water partition coefficient (Wildman–Crippen LogP) is 3.27. The van der Waals surface area contributed by atoms with Crippen LogP contribution in [0.3, 0.4) is 0 Å². The number of fused-ring (bicyclic) bond motifs is 1. The Balaban J connectivity index is 2.13. The number of aromatic hydroxyl groups is 2. The van der Waals surface area contributed by atoms with Gasteiger partial charge in [-0.05, 0) is 54.4 Å². The Morgan fingerprint density at radius 3 is 2.07 bits per heavy atom. The fourth-order valence-electron chi connectivity index (χ4n) is 3.40. The fraction of sp³-hybridized carbons (Fsp3) is 0.158. The molecule has 0 aliphatic carbocycles. The molecule has 160 valence electrons. The van der Waals surface area contributed by atoms with E-state index in [1.54, 1.807) is 22.8 Å². The number of phenolic OH excluding ortho intramolecular Hbond substituents is 2. The summed E-state index contributed by atoms with van der Waals surface area (Å²) in [5, 5.41) is 18.1. The van der Waals surface area contributed by atoms with Crippen molar-refractivity contribution in [2.24, 2.45) is 0 Å². The highest BCUT2D eigenvalue weighted by atomic mass is 31.2. The summed E-state index contributed by atoms with van der Waals surface area (Å²) in [5.74, 6) is 0.105. The van der Waals surface area contributed by atoms with Gasteiger partial charge in [0, 0.05) is 18.0 Å². The SMILES string of the molecule is Cc1c(-c2ccc(O)cc2)n(CC=CC(P(=O)(O)O)P(=O)(O)O)c2cc(O)ccc12. The zero-order chi connectivity index (χ0) is 22.3. The molecule has 0 radical (unpaired) electrons. The number of hydrogen-bond acceptors (Lipinski definition) is 4. The standard InChI is InChI=1S/C19H21NO8P2/c1-12-16-9-8-15(22)11-17(16)20(19(12)13-4-6-14(21)7-5-13)10-2-3-18(29(23,24)25)30(26,27)28/h2-9,11,18,21-22H,10H2,1H3,(H2,23,24,25)(H2,26,27,28). The van der Waals surface area contributed by atoms with Gasteiger partial charge >= 0.3 is 15.2 Å². The first kappa shape index (κ1) is 22.3. The highest BCUT2D eigenvalue weighted by Gasteiger charge is 2.41. The number of rotatable bonds is 6. The molecule has 0 saturated carbocycles. The van der Waals surface area contributed by atoms with E-state index < -0.39 is 20.6 Å². The van der Waals surface area contributed by atoms with Crippen molar-refractivity contribution >= 4 is 26.1 Å². The molecule has 1 aromatic heterocycles. The molecule has 3 rings (SSSR count). The Morgan fingerprint density at radius 2 is 1.50 bits per heavy atom. The van der Waals surface area contributed by atoms with Gasteiger partial charge < -0.3 is 34.4 Å². The minimum Gasteiger partial charge on any atom is -0.508 e. The molecule has 3 aromatic rings. The molecule has 0 fully saturated rings. The lowest BCUT2D eigenvalue weighted by atomic mass is 10.1. The van der Waals surface area contributed by atoms with Crippen LogP contribution in [0.15, 0.2) is 54.6 Å². The summed E-state index contributed by atoms with van der Waals surface area (Å²) in [6.07, 6.45) is 2.10. The van der Waals surface area contributed by atoms with Crippen LogP contribution in [0, 0.1) is 6.92 Å². The Morgan fingerprint density at radius 1 is 0.933 bits per heavy atom. The highest BCUT2D eigenvalue weighted by Crippen LogP contribution is 2.60. The van der Waals surface area contributed by atoms with Gasteiger partial charge in [-0.1, -0.05) is 12.2 Å². The molecule has 0 spiro atoms. The van der Waals surface area contributed by atoms with Gasteiger partial charge in [0.15, 0.2) is 5.40 Å². The van der Waals surface area contributed by atoms with Crippen LogP contribution in [0.25, 0.3) is 22.2 Å². The average molecular weight is 453 g/mol. The molecule has 11 heteroatoms. The van der Waals surface area contributed by atoms with E-state index in [1.807, 2.05) is 6.92 Å². The first-order valence-corrected chi connectivity index (χ1v) is 12.1. The van der Waals surface area contributed by atoms with E-state index in [0.29, 0.717) is 5.52 Å². The van der Waals surface area contributed by atoms with Gasteiger partial charge in [0.25, 0.3) is 0 Å². The van der Waals surface area contributed by atoms with Crippen LogP contribution in [-0.2, 0) is 15.7 Å². The summed E-state index contributed by atoms with van der Waals surface area (Å²) in [6, 6.07) is 11.2. The van der Waals surface area contributed by atoms with Crippen LogP contribution < -0.4 is 0 Å². The van der Waals surface area contributed by atoms with Gasteiger partial charge in [0.2, 0.25) is 0 Å². The number of aromatic nitrogens is 1. The Labute approximate surface area is 171 Å². The number of phenols is 2. The Hall–Kier alpha value is -2.38. The molecular weight excluding hydrogens is 432 g/mol. The molecule has 30 heavy (non-hydrogen) atoms. The number of benzene rings is 2. The quantitative estimate of drug-likeness (QED) is 0.245. The molecule has 2 aromatic carbocycles. The van der Waals surface area contributed by atoms with E-state index in [0.717, 1.165) is 28.3 Å². The van der Waals surface area contributed by atoms with Crippen molar-refractivity contribution < 1.29 is 38.9 Å². The summed E-state index contributed by atoms with van der Waals surface area (Å²) in [6.45, 7) is 1.90. The van der Waals surface area contributed by atoms with Crippen molar-refractivity contribution in [1.29, 1.82) is 0 Å². The van der Waals surface area contributed by atoms with Crippen LogP contribution >= 0.6 is 15.2 Å². The topological polar surface area (TPSA) is 160 Å². The number of hydrogen-bond donors (Lipinski definition) is 6. The van der Waals surface area contributed by atoms with Crippen molar-refractivity contribution in [3.05, 3.63) is 60.2 Å². The fourth-order valence-corrected chi connectivity index (χ4v) is 5.66. The average Bonchev–Trinajstić information content (AvgIpc) is 2.89. The first-order chi connectivity index (χ1) is 13.9. The highest BCUT2D eigenvalue weighted by molar-refractivity contribution is 7.71. The van der Waals surface area contributed by atoms with Gasteiger partial charge in [-0.25, -0.2) is 0 Å². The summed E-state index contributed by atoms with van der Waals surface area (Å²) in [5.41, 5.74) is 2.97. The number of aryl methyl sites for hydroxylation is 1. The minimum atomic E-state index is -5.07. The maximum Gasteiger partial charge on any atom is 0.344 e. The minimum absolute atomic E-state index is 0.0193. The molecule has 0 amide bonds. The lowest BCUT2D eigenvalue weighted by Crippen LogP contribution is -2.06. The first-order valence-electron chi connectivity index (χ1n) is 8.78. The number of allylic oxidation sites excluding steroid dienone is 2. The van der Waals surface area contributed by atoms with E-state index >= 15 is 0 Å². The van der Waals surface area contributed by atoms with Crippen LogP contribution in [0.5, 0.6) is 11.5 Å². The summed E-state index contributed by atoms with van der Waals surface area (Å²) in [4.78, 5) is 37.1. The molecule has 0 unspecified atom stereocenters. The van der Waals surface area contributed by atoms with Gasteiger partial charge in [-0.2, -0.15) is 0 Å². The van der Waals surface area contributed by atoms with E-state index in [2.05, 4.69) is 0 Å². The van der Waals surface area contributed by atoms with Crippen LogP contribution in [0.2, 0.25) is 0 Å². The molecule has 0 aliphatic heterocycles. The van der Waals surface area contributed by atoms with Gasteiger partial charge in [-0.15, -0.1) is 0 Å². The van der Waals surface area contributed by atoms with Gasteiger partial charge in [0.1, 0.15) is 11.5 Å². The third kappa shape index (κ3) is 4.52. The summed E-state index contributed by atoms with van der Waals surface area (Å²) >= 11 is 0. The van der Waals surface area contributed by atoms with Crippen LogP contribution in [0.4, 0.5) is 0 Å². The van der Waals surface area contributed by atoms with Crippen molar-refractivity contribution in [1.82, 2.24) is 4.57 Å². The predicted molar refractivity (Wildman–Crippen MR) is 112 cm³/mol.